The summed E-state index contributed by atoms with van der Waals surface area (Å²) >= 11 is 6.96. The molecule has 28 heavy (non-hydrogen) atoms. The Kier molecular flexibility index (Phi) is 5.96. The highest BCUT2D eigenvalue weighted by Crippen LogP contribution is 2.35. The minimum absolute atomic E-state index is 0.0993. The van der Waals surface area contributed by atoms with E-state index in [2.05, 4.69) is 9.73 Å². The number of carbonyl (C=O) groups is 3. The molecule has 1 heterocycles. The molecule has 1 aliphatic heterocycles. The number of benzene rings is 2. The summed E-state index contributed by atoms with van der Waals surface area (Å²) in [4.78, 5) is 42.4. The molecule has 0 saturated carbocycles. The number of nitrogens with zero attached hydrogens (tertiary/aromatic N) is 2. The van der Waals surface area contributed by atoms with Crippen LogP contribution in [-0.4, -0.2) is 30.1 Å². The molecule has 0 atom stereocenters. The molecule has 1 fully saturated rings. The van der Waals surface area contributed by atoms with Gasteiger partial charge in [-0.15, -0.1) is 0 Å². The van der Waals surface area contributed by atoms with E-state index in [0.717, 1.165) is 23.4 Å². The molecule has 0 unspecified atom stereocenters. The zero-order chi connectivity index (χ0) is 20.3. The number of ether oxygens (including phenoxy) is 1. The zero-order valence-corrected chi connectivity index (χ0v) is 16.6. The van der Waals surface area contributed by atoms with E-state index in [-0.39, 0.29) is 10.1 Å². The summed E-state index contributed by atoms with van der Waals surface area (Å²) in [6.07, 6.45) is 1.07. The van der Waals surface area contributed by atoms with Crippen LogP contribution in [0.2, 0.25) is 5.02 Å². The lowest BCUT2D eigenvalue weighted by atomic mass is 10.1. The fourth-order valence-corrected chi connectivity index (χ4v) is 3.53. The summed E-state index contributed by atoms with van der Waals surface area (Å²) in [6, 6.07) is 13.5. The van der Waals surface area contributed by atoms with Gasteiger partial charge in [0.25, 0.3) is 11.8 Å². The average molecular weight is 415 g/mol. The number of aryl methyl sites for hydroxylation is 1. The average Bonchev–Trinajstić information content (AvgIpc) is 2.97. The number of aliphatic imine (C=N–C) groups is 1. The van der Waals surface area contributed by atoms with Crippen molar-refractivity contribution in [3.05, 3.63) is 75.7 Å². The Morgan fingerprint density at radius 3 is 2.54 bits per heavy atom. The quantitative estimate of drug-likeness (QED) is 0.560. The molecule has 6 nitrogen and oxygen atoms in total. The van der Waals surface area contributed by atoms with Gasteiger partial charge in [-0.05, 0) is 49.0 Å². The molecular weight excluding hydrogens is 400 g/mol. The van der Waals surface area contributed by atoms with Crippen molar-refractivity contribution in [3.8, 4) is 0 Å². The van der Waals surface area contributed by atoms with E-state index < -0.39 is 17.8 Å². The van der Waals surface area contributed by atoms with E-state index in [1.165, 1.54) is 12.0 Å². The number of anilines is 1. The normalized spacial score (nSPS) is 16.7. The van der Waals surface area contributed by atoms with Gasteiger partial charge >= 0.3 is 5.97 Å². The minimum atomic E-state index is -0.673. The molecule has 0 aliphatic carbocycles. The molecule has 0 spiro atoms. The molecule has 8 heteroatoms. The second-order valence-electron chi connectivity index (χ2n) is 5.82. The largest absolute Gasteiger partial charge is 0.466 e. The highest BCUT2D eigenvalue weighted by molar-refractivity contribution is 8.19. The van der Waals surface area contributed by atoms with Crippen molar-refractivity contribution in [3.63, 3.8) is 0 Å². The van der Waals surface area contributed by atoms with Crippen LogP contribution < -0.4 is 4.90 Å². The van der Waals surface area contributed by atoms with Gasteiger partial charge in [0.1, 0.15) is 0 Å². The number of esters is 1. The lowest BCUT2D eigenvalue weighted by Crippen LogP contribution is -2.29. The molecule has 0 aromatic heterocycles. The number of halogens is 1. The van der Waals surface area contributed by atoms with Crippen LogP contribution in [0, 0.1) is 6.92 Å². The Morgan fingerprint density at radius 2 is 1.89 bits per heavy atom. The topological polar surface area (TPSA) is 76.0 Å². The van der Waals surface area contributed by atoms with Gasteiger partial charge in [-0.25, -0.2) is 4.79 Å². The summed E-state index contributed by atoms with van der Waals surface area (Å²) in [6.45, 7) is 1.91. The maximum atomic E-state index is 12.8. The van der Waals surface area contributed by atoms with Crippen LogP contribution in [0.25, 0.3) is 0 Å². The van der Waals surface area contributed by atoms with Gasteiger partial charge in [-0.1, -0.05) is 35.4 Å². The third-order valence-electron chi connectivity index (χ3n) is 3.82. The molecule has 0 bridgehead atoms. The van der Waals surface area contributed by atoms with E-state index in [9.17, 15) is 14.4 Å². The first-order valence-electron chi connectivity index (χ1n) is 8.16. The fourth-order valence-electron chi connectivity index (χ4n) is 2.41. The molecule has 0 radical (unpaired) electrons. The molecule has 1 aliphatic rings. The Hall–Kier alpha value is -2.90. The minimum Gasteiger partial charge on any atom is -0.466 e. The van der Waals surface area contributed by atoms with Gasteiger partial charge in [-0.3, -0.25) is 14.5 Å². The van der Waals surface area contributed by atoms with Gasteiger partial charge in [0.05, 0.1) is 17.7 Å². The predicted octanol–water partition coefficient (Wildman–Crippen LogP) is 3.98. The Labute approximate surface area is 170 Å². The van der Waals surface area contributed by atoms with Gasteiger partial charge in [0.15, 0.2) is 5.17 Å². The van der Waals surface area contributed by atoms with Gasteiger partial charge in [0.2, 0.25) is 0 Å². The molecule has 2 aromatic carbocycles. The number of rotatable bonds is 3. The van der Waals surface area contributed by atoms with Crippen molar-refractivity contribution in [2.75, 3.05) is 12.0 Å². The Morgan fingerprint density at radius 1 is 1.18 bits per heavy atom. The molecule has 142 valence electrons. The van der Waals surface area contributed by atoms with Crippen LogP contribution in [0.5, 0.6) is 0 Å². The number of hydrogen-bond donors (Lipinski definition) is 0. The second-order valence-corrected chi connectivity index (χ2v) is 7.27. The number of methoxy groups -OCH3 is 1. The van der Waals surface area contributed by atoms with Crippen LogP contribution >= 0.6 is 23.4 Å². The molecule has 2 aromatic rings. The number of hydrogen-bond acceptors (Lipinski definition) is 5. The molecule has 0 N–H and O–H groups in total. The monoisotopic (exact) mass is 414 g/mol. The van der Waals surface area contributed by atoms with E-state index >= 15 is 0 Å². The lowest BCUT2D eigenvalue weighted by Gasteiger charge is -2.15. The SMILES string of the molecule is COC(=O)/C=C1/SC(=NC(=O)c2ccc(C)cc2)N(c2cccc(Cl)c2)C1=O. The third kappa shape index (κ3) is 4.32. The maximum absolute atomic E-state index is 12.8. The smallest absolute Gasteiger partial charge is 0.331 e. The summed E-state index contributed by atoms with van der Waals surface area (Å²) in [7, 11) is 1.22. The van der Waals surface area contributed by atoms with Crippen molar-refractivity contribution in [2.24, 2.45) is 4.99 Å². The highest BCUT2D eigenvalue weighted by Gasteiger charge is 2.36. The van der Waals surface area contributed by atoms with E-state index in [4.69, 9.17) is 11.6 Å². The van der Waals surface area contributed by atoms with Gasteiger partial charge < -0.3 is 4.74 Å². The van der Waals surface area contributed by atoms with Crippen molar-refractivity contribution in [2.45, 2.75) is 6.92 Å². The first kappa shape index (κ1) is 19.9. The van der Waals surface area contributed by atoms with Crippen LogP contribution in [0.15, 0.2) is 64.5 Å². The van der Waals surface area contributed by atoms with E-state index in [1.54, 1.807) is 48.5 Å². The molecular formula is C20H15ClN2O4S. The zero-order valence-electron chi connectivity index (χ0n) is 15.0. The Balaban J connectivity index is 2.03. The van der Waals surface area contributed by atoms with Crippen molar-refractivity contribution < 1.29 is 19.1 Å². The van der Waals surface area contributed by atoms with E-state index in [0.29, 0.717) is 16.3 Å². The standard InChI is InChI=1S/C20H15ClN2O4S/c1-12-6-8-13(9-7-12)18(25)22-20-23(15-5-3-4-14(21)10-15)19(26)16(28-20)11-17(24)27-2/h3-11H,1-2H3/b16-11+,22-20?. The highest BCUT2D eigenvalue weighted by atomic mass is 35.5. The maximum Gasteiger partial charge on any atom is 0.331 e. The number of carbonyl (C=O) groups excluding carboxylic acids is 3. The Bertz CT molecular complexity index is 1020. The first-order valence-corrected chi connectivity index (χ1v) is 9.35. The van der Waals surface area contributed by atoms with Crippen molar-refractivity contribution in [1.29, 1.82) is 0 Å². The second kappa shape index (κ2) is 8.41. The summed E-state index contributed by atoms with van der Waals surface area (Å²) in [5, 5.41) is 0.554. The van der Waals surface area contributed by atoms with Crippen LogP contribution in [0.1, 0.15) is 15.9 Å². The summed E-state index contributed by atoms with van der Waals surface area (Å²) in [5.74, 6) is -1.66. The molecule has 2 amide bonds. The van der Waals surface area contributed by atoms with Crippen LogP contribution in [0.4, 0.5) is 5.69 Å². The first-order chi connectivity index (χ1) is 13.4. The lowest BCUT2D eigenvalue weighted by molar-refractivity contribution is -0.135. The number of amidine groups is 1. The van der Waals surface area contributed by atoms with Gasteiger partial charge in [-0.2, -0.15) is 4.99 Å². The summed E-state index contributed by atoms with van der Waals surface area (Å²) < 4.78 is 4.59. The fraction of sp³-hybridized carbons (Fsp3) is 0.100. The summed E-state index contributed by atoms with van der Waals surface area (Å²) in [5.41, 5.74) is 1.84. The van der Waals surface area contributed by atoms with Crippen LogP contribution in [-0.2, 0) is 14.3 Å². The predicted molar refractivity (Wildman–Crippen MR) is 110 cm³/mol. The van der Waals surface area contributed by atoms with E-state index in [1.807, 2.05) is 6.92 Å². The number of amides is 2. The van der Waals surface area contributed by atoms with Crippen molar-refractivity contribution in [1.82, 2.24) is 0 Å². The van der Waals surface area contributed by atoms with Crippen LogP contribution in [0.3, 0.4) is 0 Å². The third-order valence-corrected chi connectivity index (χ3v) is 5.02. The van der Waals surface area contributed by atoms with Crippen molar-refractivity contribution >= 4 is 52.0 Å². The number of thioether (sulfide) groups is 1. The van der Waals surface area contributed by atoms with Gasteiger partial charge in [0, 0.05) is 16.7 Å². The molecule has 1 saturated heterocycles. The molecule has 3 rings (SSSR count).